The summed E-state index contributed by atoms with van der Waals surface area (Å²) in [5.74, 6) is -0.756. The maximum atomic E-state index is 12.1. The van der Waals surface area contributed by atoms with Crippen molar-refractivity contribution < 1.29 is 20.1 Å². The van der Waals surface area contributed by atoms with Crippen molar-refractivity contribution in [1.82, 2.24) is 4.90 Å². The molecule has 1 aliphatic rings. The second-order valence-corrected chi connectivity index (χ2v) is 10.8. The summed E-state index contributed by atoms with van der Waals surface area (Å²) in [5.41, 5.74) is 1.33. The number of aliphatic carboxylic acids is 1. The van der Waals surface area contributed by atoms with Gasteiger partial charge in [0.1, 0.15) is 5.60 Å². The van der Waals surface area contributed by atoms with Crippen molar-refractivity contribution in [1.29, 1.82) is 0 Å². The monoisotopic (exact) mass is 501 g/mol. The van der Waals surface area contributed by atoms with Crippen LogP contribution in [0.3, 0.4) is 0 Å². The van der Waals surface area contributed by atoms with E-state index < -0.39 is 23.1 Å². The number of benzene rings is 3. The van der Waals surface area contributed by atoms with Gasteiger partial charge in [-0.25, -0.2) is 0 Å². The maximum Gasteiger partial charge on any atom is 0.313 e. The molecule has 0 spiro atoms. The molecule has 0 amide bonds. The highest BCUT2D eigenvalue weighted by Crippen LogP contribution is 2.42. The average molecular weight is 502 g/mol. The number of nitrogens with zero attached hydrogens (tertiary/aromatic N) is 1. The van der Waals surface area contributed by atoms with Crippen molar-refractivity contribution in [2.24, 2.45) is 5.92 Å². The summed E-state index contributed by atoms with van der Waals surface area (Å²) in [7, 11) is 0. The van der Waals surface area contributed by atoms with Gasteiger partial charge in [-0.2, -0.15) is 0 Å². The molecule has 1 heterocycles. The molecule has 5 heteroatoms. The zero-order valence-corrected chi connectivity index (χ0v) is 21.9. The summed E-state index contributed by atoms with van der Waals surface area (Å²) in [4.78, 5) is 14.0. The van der Waals surface area contributed by atoms with Gasteiger partial charge in [-0.3, -0.25) is 4.79 Å². The minimum absolute atomic E-state index is 0.125. The Balaban J connectivity index is 1.34. The number of carbonyl (C=O) groups is 1. The number of piperidine rings is 1. The molecular formula is C32H39NO4. The lowest BCUT2D eigenvalue weighted by Gasteiger charge is -2.42. The van der Waals surface area contributed by atoms with Crippen molar-refractivity contribution in [3.8, 4) is 0 Å². The number of hydrogen-bond donors (Lipinski definition) is 3. The highest BCUT2D eigenvalue weighted by atomic mass is 16.4. The van der Waals surface area contributed by atoms with Gasteiger partial charge in [0.15, 0.2) is 0 Å². The molecular weight excluding hydrogens is 462 g/mol. The Bertz CT molecular complexity index is 1110. The van der Waals surface area contributed by atoms with Gasteiger partial charge in [0.25, 0.3) is 0 Å². The SMILES string of the molecule is CC(C)(C(=O)O)c1cccc([C@@H](O)CCCN2CCC(C(O)(c3ccccc3)c3ccccc3)CC2)c1. The molecule has 0 aliphatic carbocycles. The van der Waals surface area contributed by atoms with Crippen LogP contribution in [0.15, 0.2) is 84.9 Å². The Labute approximate surface area is 220 Å². The zero-order valence-electron chi connectivity index (χ0n) is 21.9. The first kappa shape index (κ1) is 27.1. The predicted molar refractivity (Wildman–Crippen MR) is 146 cm³/mol. The molecule has 4 rings (SSSR count). The lowest BCUT2D eigenvalue weighted by Crippen LogP contribution is -2.44. The van der Waals surface area contributed by atoms with Gasteiger partial charge >= 0.3 is 5.97 Å². The normalized spacial score (nSPS) is 16.4. The van der Waals surface area contributed by atoms with Gasteiger partial charge in [0.2, 0.25) is 0 Å². The molecule has 0 bridgehead atoms. The molecule has 3 aromatic rings. The van der Waals surface area contributed by atoms with Crippen LogP contribution in [0.4, 0.5) is 0 Å². The van der Waals surface area contributed by atoms with E-state index >= 15 is 0 Å². The molecule has 1 aliphatic heterocycles. The van der Waals surface area contributed by atoms with Crippen LogP contribution < -0.4 is 0 Å². The minimum Gasteiger partial charge on any atom is -0.481 e. The van der Waals surface area contributed by atoms with Crippen molar-refractivity contribution in [2.75, 3.05) is 19.6 Å². The van der Waals surface area contributed by atoms with Crippen molar-refractivity contribution in [3.05, 3.63) is 107 Å². The fraction of sp³-hybridized carbons (Fsp3) is 0.406. The molecule has 0 radical (unpaired) electrons. The molecule has 0 aromatic heterocycles. The first-order valence-electron chi connectivity index (χ1n) is 13.3. The topological polar surface area (TPSA) is 81.0 Å². The van der Waals surface area contributed by atoms with Crippen LogP contribution in [0.2, 0.25) is 0 Å². The van der Waals surface area contributed by atoms with Gasteiger partial charge in [0.05, 0.1) is 11.5 Å². The number of rotatable bonds is 10. The van der Waals surface area contributed by atoms with Crippen LogP contribution in [0.5, 0.6) is 0 Å². The first-order valence-corrected chi connectivity index (χ1v) is 13.3. The van der Waals surface area contributed by atoms with Gasteiger partial charge in [0, 0.05) is 0 Å². The van der Waals surface area contributed by atoms with E-state index in [4.69, 9.17) is 0 Å². The van der Waals surface area contributed by atoms with Gasteiger partial charge in [-0.1, -0.05) is 84.9 Å². The van der Waals surface area contributed by atoms with Crippen LogP contribution in [0, 0.1) is 5.92 Å². The third kappa shape index (κ3) is 5.96. The van der Waals surface area contributed by atoms with Crippen LogP contribution >= 0.6 is 0 Å². The summed E-state index contributed by atoms with van der Waals surface area (Å²) < 4.78 is 0. The Kier molecular flexibility index (Phi) is 8.48. The Hall–Kier alpha value is -2.99. The van der Waals surface area contributed by atoms with Gasteiger partial charge in [-0.15, -0.1) is 0 Å². The van der Waals surface area contributed by atoms with E-state index in [1.54, 1.807) is 19.9 Å². The molecule has 0 saturated carbocycles. The molecule has 196 valence electrons. The molecule has 1 saturated heterocycles. The number of likely N-dealkylation sites (tertiary alicyclic amines) is 1. The molecule has 37 heavy (non-hydrogen) atoms. The average Bonchev–Trinajstić information content (AvgIpc) is 2.94. The third-order valence-electron chi connectivity index (χ3n) is 8.09. The van der Waals surface area contributed by atoms with E-state index in [9.17, 15) is 20.1 Å². The zero-order chi connectivity index (χ0) is 26.5. The van der Waals surface area contributed by atoms with E-state index in [1.807, 2.05) is 78.9 Å². The lowest BCUT2D eigenvalue weighted by molar-refractivity contribution is -0.142. The highest BCUT2D eigenvalue weighted by molar-refractivity contribution is 5.80. The molecule has 3 aromatic carbocycles. The number of hydrogen-bond acceptors (Lipinski definition) is 4. The standard InChI is InChI=1S/C32H39NO4/c1-31(2,30(35)36)28-16-9-11-24(23-28)29(34)17-10-20-33-21-18-27(19-22-33)32(37,25-12-5-3-6-13-25)26-14-7-4-8-15-26/h3-9,11-16,23,27,29,34,37H,10,17-22H2,1-2H3,(H,35,36)/t29-/m0/s1. The summed E-state index contributed by atoms with van der Waals surface area (Å²) in [5, 5.41) is 32.4. The summed E-state index contributed by atoms with van der Waals surface area (Å²) in [6.07, 6.45) is 2.64. The second-order valence-electron chi connectivity index (χ2n) is 10.8. The van der Waals surface area contributed by atoms with Crippen LogP contribution in [0.25, 0.3) is 0 Å². The molecule has 0 unspecified atom stereocenters. The number of aliphatic hydroxyl groups is 2. The largest absolute Gasteiger partial charge is 0.481 e. The lowest BCUT2D eigenvalue weighted by atomic mass is 9.72. The fourth-order valence-electron chi connectivity index (χ4n) is 5.53. The fourth-order valence-corrected chi connectivity index (χ4v) is 5.53. The Morgan fingerprint density at radius 1 is 0.892 bits per heavy atom. The van der Waals surface area contributed by atoms with E-state index in [2.05, 4.69) is 4.90 Å². The predicted octanol–water partition coefficient (Wildman–Crippen LogP) is 5.51. The highest BCUT2D eigenvalue weighted by Gasteiger charge is 2.41. The van der Waals surface area contributed by atoms with Gasteiger partial charge in [-0.05, 0) is 87.3 Å². The van der Waals surface area contributed by atoms with Crippen LogP contribution in [0.1, 0.15) is 67.9 Å². The van der Waals surface area contributed by atoms with E-state index in [1.165, 1.54) is 0 Å². The third-order valence-corrected chi connectivity index (χ3v) is 8.09. The van der Waals surface area contributed by atoms with Gasteiger partial charge < -0.3 is 20.2 Å². The number of carboxylic acids is 1. The summed E-state index contributed by atoms with van der Waals surface area (Å²) in [6, 6.07) is 27.3. The number of carboxylic acid groups (broad SMARTS) is 1. The molecule has 1 atom stereocenters. The second kappa shape index (κ2) is 11.6. The molecule has 3 N–H and O–H groups in total. The Morgan fingerprint density at radius 3 is 1.97 bits per heavy atom. The summed E-state index contributed by atoms with van der Waals surface area (Å²) >= 11 is 0. The Morgan fingerprint density at radius 2 is 1.43 bits per heavy atom. The quantitative estimate of drug-likeness (QED) is 0.341. The van der Waals surface area contributed by atoms with E-state index in [-0.39, 0.29) is 5.92 Å². The van der Waals surface area contributed by atoms with Crippen LogP contribution in [-0.4, -0.2) is 45.8 Å². The molecule has 5 nitrogen and oxygen atoms in total. The summed E-state index contributed by atoms with van der Waals surface area (Å²) in [6.45, 7) is 6.07. The first-order chi connectivity index (χ1) is 17.7. The van der Waals surface area contributed by atoms with Crippen LogP contribution in [-0.2, 0) is 15.8 Å². The minimum atomic E-state index is -1.01. The van der Waals surface area contributed by atoms with E-state index in [0.29, 0.717) is 12.0 Å². The smallest absolute Gasteiger partial charge is 0.313 e. The maximum absolute atomic E-state index is 12.1. The van der Waals surface area contributed by atoms with Crippen molar-refractivity contribution in [3.63, 3.8) is 0 Å². The van der Waals surface area contributed by atoms with Crippen molar-refractivity contribution >= 4 is 5.97 Å². The molecule has 1 fully saturated rings. The van der Waals surface area contributed by atoms with Crippen molar-refractivity contribution in [2.45, 2.75) is 56.7 Å². The van der Waals surface area contributed by atoms with E-state index in [0.717, 1.165) is 55.6 Å². The number of aliphatic hydroxyl groups excluding tert-OH is 1.